The van der Waals surface area contributed by atoms with Crippen molar-refractivity contribution in [1.82, 2.24) is 0 Å². The fourth-order valence-corrected chi connectivity index (χ4v) is 10.1. The molecule has 2 aromatic rings. The Bertz CT molecular complexity index is 1060. The number of thioether (sulfide) groups is 2. The van der Waals surface area contributed by atoms with Gasteiger partial charge in [-0.25, -0.2) is 0 Å². The zero-order valence-electron chi connectivity index (χ0n) is 29.8. The van der Waals surface area contributed by atoms with Crippen molar-refractivity contribution >= 4 is 46.1 Å². The summed E-state index contributed by atoms with van der Waals surface area (Å²) in [5.41, 5.74) is 2.10. The molecule has 0 spiro atoms. The van der Waals surface area contributed by atoms with E-state index >= 15 is 0 Å². The van der Waals surface area contributed by atoms with Gasteiger partial charge in [0.1, 0.15) is 10.2 Å². The zero-order chi connectivity index (χ0) is 33.4. The van der Waals surface area contributed by atoms with E-state index in [1.807, 2.05) is 23.5 Å². The number of benzene rings is 2. The molecular weight excluding hydrogens is 731 g/mol. The van der Waals surface area contributed by atoms with Gasteiger partial charge in [-0.05, 0) is 88.8 Å². The maximum Gasteiger partial charge on any atom is 0.161 e. The van der Waals surface area contributed by atoms with Gasteiger partial charge in [-0.2, -0.15) is 0 Å². The largest absolute Gasteiger partial charge is 0.490 e. The van der Waals surface area contributed by atoms with E-state index in [9.17, 15) is 5.11 Å². The molecule has 3 rings (SSSR count). The highest BCUT2D eigenvalue weighted by molar-refractivity contribution is 14.1. The highest BCUT2D eigenvalue weighted by Gasteiger charge is 2.44. The minimum Gasteiger partial charge on any atom is -0.490 e. The van der Waals surface area contributed by atoms with Crippen LogP contribution in [0.3, 0.4) is 0 Å². The highest BCUT2D eigenvalue weighted by atomic mass is 127. The van der Waals surface area contributed by atoms with Gasteiger partial charge >= 0.3 is 0 Å². The van der Waals surface area contributed by atoms with Gasteiger partial charge in [0, 0.05) is 3.57 Å². The quantitative estimate of drug-likeness (QED) is 0.0720. The number of halogens is 1. The SMILES string of the molecule is CCCCCCCCCCCCOc1ccc(C2([C@H](O)c3ccc(I)cc3)SCCCS2)cc1OCCCCCCCCCCCC. The summed E-state index contributed by atoms with van der Waals surface area (Å²) in [6.45, 7) is 6.00. The van der Waals surface area contributed by atoms with Gasteiger partial charge in [0.25, 0.3) is 0 Å². The molecule has 3 nitrogen and oxygen atoms in total. The van der Waals surface area contributed by atoms with Gasteiger partial charge in [0.2, 0.25) is 0 Å². The van der Waals surface area contributed by atoms with Crippen LogP contribution in [0.4, 0.5) is 0 Å². The van der Waals surface area contributed by atoms with Crippen molar-refractivity contribution in [3.63, 3.8) is 0 Å². The molecule has 0 bridgehead atoms. The fourth-order valence-electron chi connectivity index (χ4n) is 6.40. The molecule has 1 heterocycles. The van der Waals surface area contributed by atoms with Crippen LogP contribution in [0.1, 0.15) is 166 Å². The summed E-state index contributed by atoms with van der Waals surface area (Å²) >= 11 is 6.10. The smallest absolute Gasteiger partial charge is 0.161 e. The summed E-state index contributed by atoms with van der Waals surface area (Å²) in [7, 11) is 0. The van der Waals surface area contributed by atoms with Crippen molar-refractivity contribution in [3.8, 4) is 11.5 Å². The second-order valence-corrected chi connectivity index (χ2v) is 17.6. The normalized spacial score (nSPS) is 15.1. The Morgan fingerprint density at radius 3 is 1.55 bits per heavy atom. The first-order chi connectivity index (χ1) is 23.1. The van der Waals surface area contributed by atoms with Crippen LogP contribution in [-0.2, 0) is 4.08 Å². The second kappa shape index (κ2) is 25.4. The lowest BCUT2D eigenvalue weighted by molar-refractivity contribution is 0.163. The number of rotatable bonds is 27. The average molecular weight is 797 g/mol. The minimum absolute atomic E-state index is 0.463. The molecule has 0 aromatic heterocycles. The van der Waals surface area contributed by atoms with Crippen LogP contribution in [0.2, 0.25) is 0 Å². The Morgan fingerprint density at radius 1 is 0.617 bits per heavy atom. The Hall–Kier alpha value is -0.570. The van der Waals surface area contributed by atoms with Gasteiger partial charge in [0.05, 0.1) is 13.2 Å². The van der Waals surface area contributed by atoms with E-state index in [0.29, 0.717) is 6.61 Å². The minimum atomic E-state index is -0.608. The third kappa shape index (κ3) is 15.5. The van der Waals surface area contributed by atoms with Crippen LogP contribution in [0.25, 0.3) is 0 Å². The van der Waals surface area contributed by atoms with Crippen LogP contribution < -0.4 is 9.47 Å². The predicted octanol–water partition coefficient (Wildman–Crippen LogP) is 13.6. The third-order valence-electron chi connectivity index (χ3n) is 9.32. The molecule has 266 valence electrons. The van der Waals surface area contributed by atoms with Crippen molar-refractivity contribution in [2.75, 3.05) is 24.7 Å². The molecule has 1 aliphatic rings. The maximum absolute atomic E-state index is 11.9. The molecule has 1 N–H and O–H groups in total. The van der Waals surface area contributed by atoms with Gasteiger partial charge in [-0.3, -0.25) is 0 Å². The first-order valence-electron chi connectivity index (χ1n) is 19.2. The van der Waals surface area contributed by atoms with Crippen LogP contribution in [-0.4, -0.2) is 29.8 Å². The molecule has 47 heavy (non-hydrogen) atoms. The second-order valence-electron chi connectivity index (χ2n) is 13.4. The lowest BCUT2D eigenvalue weighted by Gasteiger charge is -2.40. The molecular formula is C41H65IO3S2. The van der Waals surface area contributed by atoms with Crippen LogP contribution in [0.5, 0.6) is 11.5 Å². The average Bonchev–Trinajstić information content (AvgIpc) is 3.10. The van der Waals surface area contributed by atoms with E-state index in [0.717, 1.165) is 53.6 Å². The molecule has 2 aromatic carbocycles. The molecule has 0 saturated carbocycles. The summed E-state index contributed by atoms with van der Waals surface area (Å²) in [4.78, 5) is 0. The van der Waals surface area contributed by atoms with Crippen molar-refractivity contribution < 1.29 is 14.6 Å². The molecule has 0 unspecified atom stereocenters. The van der Waals surface area contributed by atoms with Gasteiger partial charge < -0.3 is 14.6 Å². The molecule has 6 heteroatoms. The molecule has 1 fully saturated rings. The molecule has 0 amide bonds. The summed E-state index contributed by atoms with van der Waals surface area (Å²) in [5.74, 6) is 3.77. The first-order valence-corrected chi connectivity index (χ1v) is 22.3. The summed E-state index contributed by atoms with van der Waals surface area (Å²) in [6, 6.07) is 14.8. The lowest BCUT2D eigenvalue weighted by Crippen LogP contribution is -2.30. The third-order valence-corrected chi connectivity index (χ3v) is 13.5. The monoisotopic (exact) mass is 796 g/mol. The van der Waals surface area contributed by atoms with Gasteiger partial charge in [-0.15, -0.1) is 23.5 Å². The topological polar surface area (TPSA) is 38.7 Å². The van der Waals surface area contributed by atoms with Crippen molar-refractivity contribution in [2.45, 2.75) is 159 Å². The molecule has 1 atom stereocenters. The van der Waals surface area contributed by atoms with Crippen LogP contribution >= 0.6 is 46.1 Å². The number of aliphatic hydroxyl groups excluding tert-OH is 1. The summed E-state index contributed by atoms with van der Waals surface area (Å²) in [6.07, 6.45) is 26.9. The van der Waals surface area contributed by atoms with Gasteiger partial charge in [0.15, 0.2) is 11.5 Å². The summed E-state index contributed by atoms with van der Waals surface area (Å²) < 4.78 is 13.6. The van der Waals surface area contributed by atoms with E-state index in [4.69, 9.17) is 9.47 Å². The predicted molar refractivity (Wildman–Crippen MR) is 216 cm³/mol. The first kappa shape index (κ1) is 40.9. The van der Waals surface area contributed by atoms with Crippen LogP contribution in [0.15, 0.2) is 42.5 Å². The van der Waals surface area contributed by atoms with Gasteiger partial charge in [-0.1, -0.05) is 148 Å². The van der Waals surface area contributed by atoms with E-state index in [2.05, 4.69) is 78.9 Å². The van der Waals surface area contributed by atoms with E-state index in [1.165, 1.54) is 126 Å². The van der Waals surface area contributed by atoms with Crippen LogP contribution in [0, 0.1) is 3.57 Å². The fraction of sp³-hybridized carbons (Fsp3) is 0.707. The molecule has 1 saturated heterocycles. The van der Waals surface area contributed by atoms with E-state index < -0.39 is 10.2 Å². The lowest BCUT2D eigenvalue weighted by atomic mass is 9.99. The number of hydrogen-bond donors (Lipinski definition) is 1. The van der Waals surface area contributed by atoms with Crippen molar-refractivity contribution in [1.29, 1.82) is 0 Å². The van der Waals surface area contributed by atoms with Crippen molar-refractivity contribution in [2.24, 2.45) is 0 Å². The standard InChI is InChI=1S/C41H65IO3S2/c1-3-5-7-9-11-13-15-17-19-21-30-44-38-29-26-36(34-39(38)45-31-22-20-18-16-14-12-10-8-6-4-2)41(46-32-23-33-47-41)40(43)35-24-27-37(42)28-25-35/h24-29,34,40,43H,3-23,30-33H2,1-2H3/t40-/m1/s1. The number of ether oxygens (including phenoxy) is 2. The van der Waals surface area contributed by atoms with E-state index in [1.54, 1.807) is 0 Å². The van der Waals surface area contributed by atoms with E-state index in [-0.39, 0.29) is 0 Å². The number of hydrogen-bond acceptors (Lipinski definition) is 5. The highest BCUT2D eigenvalue weighted by Crippen LogP contribution is 2.58. The number of aliphatic hydroxyl groups is 1. The Balaban J connectivity index is 1.58. The Morgan fingerprint density at radius 2 is 1.06 bits per heavy atom. The zero-order valence-corrected chi connectivity index (χ0v) is 33.5. The summed E-state index contributed by atoms with van der Waals surface area (Å²) in [5, 5.41) is 11.9. The molecule has 0 radical (unpaired) electrons. The maximum atomic E-state index is 11.9. The Kier molecular flexibility index (Phi) is 22.1. The molecule has 0 aliphatic carbocycles. The number of unbranched alkanes of at least 4 members (excludes halogenated alkanes) is 18. The van der Waals surface area contributed by atoms with Crippen molar-refractivity contribution in [3.05, 3.63) is 57.2 Å². The molecule has 1 aliphatic heterocycles. The Labute approximate surface area is 311 Å².